The second-order valence-electron chi connectivity index (χ2n) is 7.08. The lowest BCUT2D eigenvalue weighted by Gasteiger charge is -2.24. The fourth-order valence-corrected chi connectivity index (χ4v) is 3.61. The summed E-state index contributed by atoms with van der Waals surface area (Å²) in [4.78, 5) is 14.5. The fourth-order valence-electron chi connectivity index (χ4n) is 3.37. The van der Waals surface area contributed by atoms with Gasteiger partial charge in [0.2, 0.25) is 0 Å². The molecule has 2 aromatic rings. The monoisotopic (exact) mass is 436 g/mol. The van der Waals surface area contributed by atoms with Crippen molar-refractivity contribution in [1.29, 1.82) is 0 Å². The smallest absolute Gasteiger partial charge is 0.254 e. The molecule has 0 saturated carbocycles. The Bertz CT molecular complexity index is 863. The highest BCUT2D eigenvalue weighted by molar-refractivity contribution is 6.32. The molecule has 30 heavy (non-hydrogen) atoms. The largest absolute Gasteiger partial charge is 0.495 e. The Hall–Kier alpha value is -2.35. The van der Waals surface area contributed by atoms with Crippen molar-refractivity contribution in [3.63, 3.8) is 0 Å². The number of benzene rings is 2. The minimum Gasteiger partial charge on any atom is -0.495 e. The first-order chi connectivity index (χ1) is 14.5. The molecular formula is C22H26ClFN2O4. The lowest BCUT2D eigenvalue weighted by molar-refractivity contribution is 0.0198. The number of nitrogens with one attached hydrogen (secondary N) is 1. The highest BCUT2D eigenvalue weighted by Crippen LogP contribution is 2.33. The maximum atomic E-state index is 13.2. The average Bonchev–Trinajstić information content (AvgIpc) is 2.98. The highest BCUT2D eigenvalue weighted by Gasteiger charge is 2.22. The van der Waals surface area contributed by atoms with E-state index < -0.39 is 0 Å². The summed E-state index contributed by atoms with van der Waals surface area (Å²) in [6.07, 6.45) is 0.725. The van der Waals surface area contributed by atoms with Gasteiger partial charge in [0.1, 0.15) is 30.0 Å². The van der Waals surface area contributed by atoms with Crippen LogP contribution in [0, 0.1) is 5.82 Å². The molecule has 1 fully saturated rings. The van der Waals surface area contributed by atoms with E-state index in [1.807, 2.05) is 0 Å². The Morgan fingerprint density at radius 3 is 2.77 bits per heavy atom. The molecule has 162 valence electrons. The number of rotatable bonds is 7. The topological polar surface area (TPSA) is 60.0 Å². The van der Waals surface area contributed by atoms with Crippen LogP contribution in [0.15, 0.2) is 36.4 Å². The summed E-state index contributed by atoms with van der Waals surface area (Å²) in [6, 6.07) is 9.67. The van der Waals surface area contributed by atoms with Crippen molar-refractivity contribution in [2.75, 3.05) is 40.5 Å². The van der Waals surface area contributed by atoms with E-state index in [2.05, 4.69) is 10.2 Å². The van der Waals surface area contributed by atoms with Crippen molar-refractivity contribution in [3.05, 3.63) is 58.4 Å². The molecule has 6 nitrogen and oxygen atoms in total. The number of hydrogen-bond donors (Lipinski definition) is 1. The second kappa shape index (κ2) is 10.6. The van der Waals surface area contributed by atoms with E-state index in [9.17, 15) is 9.18 Å². The maximum absolute atomic E-state index is 13.2. The number of carbonyl (C=O) groups is 1. The van der Waals surface area contributed by atoms with Gasteiger partial charge >= 0.3 is 0 Å². The Morgan fingerprint density at radius 1 is 1.30 bits per heavy atom. The molecule has 2 aromatic carbocycles. The summed E-state index contributed by atoms with van der Waals surface area (Å²) in [5.74, 6) is 0.274. The zero-order valence-electron chi connectivity index (χ0n) is 17.1. The first-order valence-corrected chi connectivity index (χ1v) is 10.2. The fraction of sp³-hybridized carbons (Fsp3) is 0.409. The van der Waals surface area contributed by atoms with E-state index in [0.29, 0.717) is 41.8 Å². The van der Waals surface area contributed by atoms with E-state index >= 15 is 0 Å². The summed E-state index contributed by atoms with van der Waals surface area (Å²) in [5, 5.41) is 2.92. The van der Waals surface area contributed by atoms with Gasteiger partial charge in [0, 0.05) is 39.4 Å². The number of carbonyl (C=O) groups excluding carboxylic acids is 1. The van der Waals surface area contributed by atoms with Crippen molar-refractivity contribution < 1.29 is 23.4 Å². The Morgan fingerprint density at radius 2 is 2.07 bits per heavy atom. The van der Waals surface area contributed by atoms with Crippen molar-refractivity contribution in [2.45, 2.75) is 19.1 Å². The van der Waals surface area contributed by atoms with E-state index in [0.717, 1.165) is 18.5 Å². The van der Waals surface area contributed by atoms with Gasteiger partial charge in [-0.1, -0.05) is 23.7 Å². The van der Waals surface area contributed by atoms with Crippen LogP contribution in [0.25, 0.3) is 0 Å². The van der Waals surface area contributed by atoms with Gasteiger partial charge in [-0.15, -0.1) is 0 Å². The third-order valence-electron chi connectivity index (χ3n) is 4.90. The molecular weight excluding hydrogens is 411 g/mol. The van der Waals surface area contributed by atoms with Crippen LogP contribution in [-0.4, -0.2) is 57.4 Å². The van der Waals surface area contributed by atoms with Gasteiger partial charge in [-0.3, -0.25) is 9.69 Å². The second-order valence-corrected chi connectivity index (χ2v) is 7.49. The number of ether oxygens (including phenoxy) is 3. The number of halogens is 2. The summed E-state index contributed by atoms with van der Waals surface area (Å²) >= 11 is 6.16. The maximum Gasteiger partial charge on any atom is 0.254 e. The van der Waals surface area contributed by atoms with E-state index in [1.165, 1.54) is 25.3 Å². The summed E-state index contributed by atoms with van der Waals surface area (Å²) < 4.78 is 30.3. The molecule has 1 atom stereocenters. The normalized spacial score (nSPS) is 17.3. The standard InChI is InChI=1S/C22H26ClFN2O4/c1-25-22(27)18-10-19(23)21(28-2)11-20(18)30-14-17-13-26(8-3-9-29-17)12-15-4-6-16(24)7-5-15/h4-7,10-11,17H,3,8-9,12-14H2,1-2H3,(H,25,27). The lowest BCUT2D eigenvalue weighted by atomic mass is 10.1. The first-order valence-electron chi connectivity index (χ1n) is 9.81. The van der Waals surface area contributed by atoms with Gasteiger partial charge in [-0.25, -0.2) is 4.39 Å². The molecule has 0 aliphatic carbocycles. The predicted octanol–water partition coefficient (Wildman–Crippen LogP) is 3.52. The summed E-state index contributed by atoms with van der Waals surface area (Å²) in [6.45, 7) is 3.15. The van der Waals surface area contributed by atoms with Gasteiger partial charge in [0.25, 0.3) is 5.91 Å². The predicted molar refractivity (Wildman–Crippen MR) is 113 cm³/mol. The molecule has 3 rings (SSSR count). The average molecular weight is 437 g/mol. The van der Waals surface area contributed by atoms with Crippen LogP contribution >= 0.6 is 11.6 Å². The van der Waals surface area contributed by atoms with E-state index in [-0.39, 0.29) is 24.4 Å². The molecule has 0 bridgehead atoms. The molecule has 1 unspecified atom stereocenters. The molecule has 8 heteroatoms. The van der Waals surface area contributed by atoms with E-state index in [1.54, 1.807) is 25.2 Å². The quantitative estimate of drug-likeness (QED) is 0.719. The molecule has 1 N–H and O–H groups in total. The van der Waals surface area contributed by atoms with Crippen LogP contribution in [0.3, 0.4) is 0 Å². The Kier molecular flexibility index (Phi) is 7.90. The van der Waals surface area contributed by atoms with Crippen LogP contribution < -0.4 is 14.8 Å². The Labute approximate surface area is 180 Å². The molecule has 0 spiro atoms. The van der Waals surface area contributed by atoms with Gasteiger partial charge in [0.15, 0.2) is 0 Å². The van der Waals surface area contributed by atoms with Crippen molar-refractivity contribution >= 4 is 17.5 Å². The molecule has 1 amide bonds. The van der Waals surface area contributed by atoms with Crippen LogP contribution in [0.5, 0.6) is 11.5 Å². The Balaban J connectivity index is 1.68. The van der Waals surface area contributed by atoms with Gasteiger partial charge < -0.3 is 19.5 Å². The number of hydrogen-bond acceptors (Lipinski definition) is 5. The summed E-state index contributed by atoms with van der Waals surface area (Å²) in [5.41, 5.74) is 1.38. The molecule has 1 aliphatic rings. The highest BCUT2D eigenvalue weighted by atomic mass is 35.5. The van der Waals surface area contributed by atoms with Crippen LogP contribution in [-0.2, 0) is 11.3 Å². The van der Waals surface area contributed by atoms with Crippen LogP contribution in [0.4, 0.5) is 4.39 Å². The zero-order chi connectivity index (χ0) is 21.5. The molecule has 1 aliphatic heterocycles. The lowest BCUT2D eigenvalue weighted by Crippen LogP contribution is -2.35. The minimum absolute atomic E-state index is 0.174. The third-order valence-corrected chi connectivity index (χ3v) is 5.20. The van der Waals surface area contributed by atoms with Crippen molar-refractivity contribution in [3.8, 4) is 11.5 Å². The molecule has 0 aromatic heterocycles. The number of amides is 1. The van der Waals surface area contributed by atoms with Gasteiger partial charge in [-0.05, 0) is 30.2 Å². The molecule has 0 radical (unpaired) electrons. The van der Waals surface area contributed by atoms with Gasteiger partial charge in [0.05, 0.1) is 17.7 Å². The number of methoxy groups -OCH3 is 1. The SMILES string of the molecule is CNC(=O)c1cc(Cl)c(OC)cc1OCC1CN(Cc2ccc(F)cc2)CCCO1. The first kappa shape index (κ1) is 22.3. The molecule has 1 saturated heterocycles. The molecule has 1 heterocycles. The van der Waals surface area contributed by atoms with Crippen LogP contribution in [0.1, 0.15) is 22.3 Å². The zero-order valence-corrected chi connectivity index (χ0v) is 17.9. The third kappa shape index (κ3) is 5.84. The van der Waals surface area contributed by atoms with Gasteiger partial charge in [-0.2, -0.15) is 0 Å². The van der Waals surface area contributed by atoms with Crippen molar-refractivity contribution in [2.24, 2.45) is 0 Å². The summed E-state index contributed by atoms with van der Waals surface area (Å²) in [7, 11) is 3.05. The number of nitrogens with zero attached hydrogens (tertiary/aromatic N) is 1. The van der Waals surface area contributed by atoms with Crippen LogP contribution in [0.2, 0.25) is 5.02 Å². The van der Waals surface area contributed by atoms with E-state index in [4.69, 9.17) is 25.8 Å². The van der Waals surface area contributed by atoms with Crippen molar-refractivity contribution in [1.82, 2.24) is 10.2 Å². The minimum atomic E-state index is -0.297.